The molecular formula is C14H19NO3S2. The fourth-order valence-corrected chi connectivity index (χ4v) is 4.50. The number of nitrogens with one attached hydrogen (secondary N) is 1. The van der Waals surface area contributed by atoms with Crippen LogP contribution in [0.4, 0.5) is 0 Å². The Labute approximate surface area is 124 Å². The first-order valence-corrected chi connectivity index (χ1v) is 9.35. The van der Waals surface area contributed by atoms with Crippen LogP contribution in [0.1, 0.15) is 36.5 Å². The topological polar surface area (TPSA) is 63.2 Å². The molecule has 1 aromatic carbocycles. The number of hydrogen-bond donors (Lipinski definition) is 1. The first-order valence-electron chi connectivity index (χ1n) is 6.58. The fraction of sp³-hybridized carbons (Fsp3) is 0.500. The molecule has 4 nitrogen and oxygen atoms in total. The molecule has 0 aliphatic heterocycles. The predicted octanol–water partition coefficient (Wildman–Crippen LogP) is 2.45. The van der Waals surface area contributed by atoms with Crippen molar-refractivity contribution < 1.29 is 13.2 Å². The van der Waals surface area contributed by atoms with Crippen molar-refractivity contribution >= 4 is 27.6 Å². The van der Waals surface area contributed by atoms with E-state index >= 15 is 0 Å². The summed E-state index contributed by atoms with van der Waals surface area (Å²) < 4.78 is 27.3. The Kier molecular flexibility index (Phi) is 4.88. The van der Waals surface area contributed by atoms with Gasteiger partial charge < -0.3 is 0 Å². The van der Waals surface area contributed by atoms with E-state index in [1.54, 1.807) is 23.9 Å². The van der Waals surface area contributed by atoms with Crippen LogP contribution in [0, 0.1) is 0 Å². The van der Waals surface area contributed by atoms with Gasteiger partial charge in [0.05, 0.1) is 4.90 Å². The van der Waals surface area contributed by atoms with Gasteiger partial charge >= 0.3 is 0 Å². The Morgan fingerprint density at radius 3 is 2.40 bits per heavy atom. The molecule has 0 amide bonds. The largest absolute Gasteiger partial charge is 0.295 e. The van der Waals surface area contributed by atoms with E-state index in [9.17, 15) is 13.2 Å². The summed E-state index contributed by atoms with van der Waals surface area (Å²) in [5.74, 6) is -0.0690. The molecule has 0 saturated heterocycles. The Hall–Kier alpha value is -0.850. The highest BCUT2D eigenvalue weighted by Gasteiger charge is 2.28. The Balaban J connectivity index is 2.08. The molecule has 2 rings (SSSR count). The van der Waals surface area contributed by atoms with Gasteiger partial charge in [0.15, 0.2) is 5.78 Å². The van der Waals surface area contributed by atoms with Gasteiger partial charge in [0.2, 0.25) is 10.0 Å². The highest BCUT2D eigenvalue weighted by molar-refractivity contribution is 7.99. The summed E-state index contributed by atoms with van der Waals surface area (Å²) >= 11 is 1.79. The molecule has 110 valence electrons. The maximum absolute atomic E-state index is 12.3. The molecule has 2 unspecified atom stereocenters. The van der Waals surface area contributed by atoms with Crippen molar-refractivity contribution in [3.05, 3.63) is 29.8 Å². The minimum absolute atomic E-state index is 0.0185. The molecule has 1 N–H and O–H groups in total. The average Bonchev–Trinajstić information content (AvgIpc) is 2.85. The van der Waals surface area contributed by atoms with E-state index in [0.717, 1.165) is 19.3 Å². The first kappa shape index (κ1) is 15.5. The van der Waals surface area contributed by atoms with E-state index in [0.29, 0.717) is 10.8 Å². The molecular weight excluding hydrogens is 294 g/mol. The van der Waals surface area contributed by atoms with Crippen molar-refractivity contribution in [1.29, 1.82) is 0 Å². The number of ketones is 1. The molecule has 1 aromatic rings. The molecule has 0 aromatic heterocycles. The smallest absolute Gasteiger partial charge is 0.240 e. The monoisotopic (exact) mass is 313 g/mol. The van der Waals surface area contributed by atoms with Crippen molar-refractivity contribution in [2.45, 2.75) is 42.4 Å². The van der Waals surface area contributed by atoms with Gasteiger partial charge in [-0.15, -0.1) is 0 Å². The van der Waals surface area contributed by atoms with Crippen LogP contribution in [0.2, 0.25) is 0 Å². The lowest BCUT2D eigenvalue weighted by atomic mass is 10.2. The van der Waals surface area contributed by atoms with Crippen molar-refractivity contribution in [3.8, 4) is 0 Å². The van der Waals surface area contributed by atoms with Crippen LogP contribution in [-0.2, 0) is 10.0 Å². The van der Waals surface area contributed by atoms with E-state index in [1.807, 2.05) is 0 Å². The predicted molar refractivity (Wildman–Crippen MR) is 81.7 cm³/mol. The van der Waals surface area contributed by atoms with Crippen LogP contribution >= 0.6 is 11.8 Å². The zero-order chi connectivity index (χ0) is 14.8. The number of Topliss-reactive ketones (excluding diaryl/α,β-unsaturated/α-hetero) is 1. The number of rotatable bonds is 5. The molecule has 1 aliphatic carbocycles. The molecule has 6 heteroatoms. The molecule has 1 saturated carbocycles. The van der Waals surface area contributed by atoms with Crippen LogP contribution in [0.15, 0.2) is 29.2 Å². The minimum atomic E-state index is -3.49. The summed E-state index contributed by atoms with van der Waals surface area (Å²) in [6.07, 6.45) is 4.88. The van der Waals surface area contributed by atoms with Crippen LogP contribution in [0.3, 0.4) is 0 Å². The lowest BCUT2D eigenvalue weighted by Crippen LogP contribution is -2.33. The first-order chi connectivity index (χ1) is 9.42. The van der Waals surface area contributed by atoms with Gasteiger partial charge in [0.25, 0.3) is 0 Å². The summed E-state index contributed by atoms with van der Waals surface area (Å²) in [5, 5.41) is 0.544. The Bertz CT molecular complexity index is 581. The minimum Gasteiger partial charge on any atom is -0.295 e. The van der Waals surface area contributed by atoms with Crippen molar-refractivity contribution in [3.63, 3.8) is 0 Å². The maximum Gasteiger partial charge on any atom is 0.240 e. The third-order valence-corrected chi connectivity index (χ3v) is 6.24. The molecule has 0 spiro atoms. The van der Waals surface area contributed by atoms with Crippen molar-refractivity contribution in [2.24, 2.45) is 0 Å². The summed E-state index contributed by atoms with van der Waals surface area (Å²) in [5.41, 5.74) is 0.521. The summed E-state index contributed by atoms with van der Waals surface area (Å²) in [6.45, 7) is 1.46. The van der Waals surface area contributed by atoms with Gasteiger partial charge in [-0.3, -0.25) is 4.79 Å². The van der Waals surface area contributed by atoms with E-state index < -0.39 is 10.0 Å². The number of sulfonamides is 1. The lowest BCUT2D eigenvalue weighted by Gasteiger charge is -2.13. The fourth-order valence-electron chi connectivity index (χ4n) is 2.42. The molecule has 20 heavy (non-hydrogen) atoms. The number of carbonyl (C=O) groups is 1. The SMILES string of the molecule is CSC1CCC(NS(=O)(=O)c2ccc(C(C)=O)cc2)C1. The number of carbonyl (C=O) groups excluding carboxylic acids is 1. The Morgan fingerprint density at radius 1 is 1.25 bits per heavy atom. The van der Waals surface area contributed by atoms with Crippen molar-refractivity contribution in [2.75, 3.05) is 6.26 Å². The van der Waals surface area contributed by atoms with E-state index in [-0.39, 0.29) is 16.7 Å². The third-order valence-electron chi connectivity index (χ3n) is 3.61. The third kappa shape index (κ3) is 3.62. The number of hydrogen-bond acceptors (Lipinski definition) is 4. The molecule has 0 bridgehead atoms. The van der Waals surface area contributed by atoms with E-state index in [2.05, 4.69) is 11.0 Å². The average molecular weight is 313 g/mol. The van der Waals surface area contributed by atoms with Crippen LogP contribution in [-0.4, -0.2) is 31.7 Å². The zero-order valence-electron chi connectivity index (χ0n) is 11.6. The summed E-state index contributed by atoms with van der Waals surface area (Å²) in [4.78, 5) is 11.4. The van der Waals surface area contributed by atoms with E-state index in [1.165, 1.54) is 19.1 Å². The van der Waals surface area contributed by atoms with Gasteiger partial charge in [0, 0.05) is 16.9 Å². The zero-order valence-corrected chi connectivity index (χ0v) is 13.3. The van der Waals surface area contributed by atoms with Crippen molar-refractivity contribution in [1.82, 2.24) is 4.72 Å². The van der Waals surface area contributed by atoms with Crippen LogP contribution in [0.5, 0.6) is 0 Å². The van der Waals surface area contributed by atoms with Gasteiger partial charge in [-0.2, -0.15) is 11.8 Å². The lowest BCUT2D eigenvalue weighted by molar-refractivity contribution is 0.101. The van der Waals surface area contributed by atoms with Gasteiger partial charge in [-0.05, 0) is 44.6 Å². The number of benzene rings is 1. The van der Waals surface area contributed by atoms with Gasteiger partial charge in [-0.25, -0.2) is 13.1 Å². The molecule has 0 heterocycles. The van der Waals surface area contributed by atoms with Gasteiger partial charge in [-0.1, -0.05) is 12.1 Å². The quantitative estimate of drug-likeness (QED) is 0.848. The maximum atomic E-state index is 12.3. The molecule has 1 aliphatic rings. The number of thioether (sulfide) groups is 1. The van der Waals surface area contributed by atoms with Crippen LogP contribution in [0.25, 0.3) is 0 Å². The highest BCUT2D eigenvalue weighted by atomic mass is 32.2. The second-order valence-corrected chi connectivity index (χ2v) is 7.92. The van der Waals surface area contributed by atoms with Gasteiger partial charge in [0.1, 0.15) is 0 Å². The molecule has 1 fully saturated rings. The van der Waals surface area contributed by atoms with Crippen LogP contribution < -0.4 is 4.72 Å². The second-order valence-electron chi connectivity index (χ2n) is 5.07. The standard InChI is InChI=1S/C14H19NO3S2/c1-10(16)11-3-7-14(8-4-11)20(17,18)15-12-5-6-13(9-12)19-2/h3-4,7-8,12-13,15H,5-6,9H2,1-2H3. The molecule has 0 radical (unpaired) electrons. The van der Waals surface area contributed by atoms with E-state index in [4.69, 9.17) is 0 Å². The summed E-state index contributed by atoms with van der Waals surface area (Å²) in [7, 11) is -3.49. The second kappa shape index (κ2) is 6.28. The normalized spacial score (nSPS) is 22.9. The highest BCUT2D eigenvalue weighted by Crippen LogP contribution is 2.29. The Morgan fingerprint density at radius 2 is 1.90 bits per heavy atom. The molecule has 2 atom stereocenters. The summed E-state index contributed by atoms with van der Waals surface area (Å²) in [6, 6.07) is 6.09.